The second kappa shape index (κ2) is 7.28. The summed E-state index contributed by atoms with van der Waals surface area (Å²) in [7, 11) is 0. The molecule has 0 saturated heterocycles. The number of anilines is 1. The maximum absolute atomic E-state index is 11.1. The lowest BCUT2D eigenvalue weighted by atomic mass is 10.1. The highest BCUT2D eigenvalue weighted by atomic mass is 16.6. The molecule has 2 aromatic carbocycles. The van der Waals surface area contributed by atoms with Gasteiger partial charge in [-0.3, -0.25) is 10.1 Å². The Labute approximate surface area is 130 Å². The van der Waals surface area contributed by atoms with Crippen LogP contribution in [0.5, 0.6) is 0 Å². The van der Waals surface area contributed by atoms with Crippen molar-refractivity contribution in [2.45, 2.75) is 13.8 Å². The molecule has 2 rings (SSSR count). The average Bonchev–Trinajstić information content (AvgIpc) is 2.51. The molecule has 0 unspecified atom stereocenters. The van der Waals surface area contributed by atoms with E-state index in [1.807, 2.05) is 30.3 Å². The van der Waals surface area contributed by atoms with Gasteiger partial charge < -0.3 is 5.32 Å². The lowest BCUT2D eigenvalue weighted by Crippen LogP contribution is -2.09. The van der Waals surface area contributed by atoms with Gasteiger partial charge in [0.2, 0.25) is 0 Å². The zero-order chi connectivity index (χ0) is 15.9. The van der Waals surface area contributed by atoms with E-state index in [4.69, 9.17) is 0 Å². The maximum Gasteiger partial charge on any atom is 0.292 e. The number of nitro benzene ring substituents is 1. The Bertz CT molecular complexity index is 713. The summed E-state index contributed by atoms with van der Waals surface area (Å²) < 4.78 is 0. The molecule has 0 aliphatic carbocycles. The van der Waals surface area contributed by atoms with Gasteiger partial charge in [-0.1, -0.05) is 43.9 Å². The molecule has 0 radical (unpaired) electrons. The highest BCUT2D eigenvalue weighted by molar-refractivity contribution is 5.65. The van der Waals surface area contributed by atoms with E-state index in [-0.39, 0.29) is 10.6 Å². The summed E-state index contributed by atoms with van der Waals surface area (Å²) >= 11 is 0. The van der Waals surface area contributed by atoms with Crippen molar-refractivity contribution in [3.63, 3.8) is 0 Å². The molecule has 4 heteroatoms. The van der Waals surface area contributed by atoms with Crippen LogP contribution in [0.1, 0.15) is 25.0 Å². The van der Waals surface area contributed by atoms with E-state index in [1.54, 1.807) is 12.1 Å². The first-order valence-electron chi connectivity index (χ1n) is 7.15. The normalized spacial score (nSPS) is 9.95. The predicted molar refractivity (Wildman–Crippen MR) is 88.8 cm³/mol. The number of nitrogens with zero attached hydrogens (tertiary/aromatic N) is 1. The topological polar surface area (TPSA) is 55.2 Å². The second-order valence-corrected chi connectivity index (χ2v) is 5.38. The van der Waals surface area contributed by atoms with Crippen LogP contribution in [-0.4, -0.2) is 11.5 Å². The van der Waals surface area contributed by atoms with Crippen LogP contribution in [0.3, 0.4) is 0 Å². The molecular weight excluding hydrogens is 276 g/mol. The molecule has 0 atom stereocenters. The van der Waals surface area contributed by atoms with Crippen LogP contribution in [0, 0.1) is 27.9 Å². The monoisotopic (exact) mass is 294 g/mol. The number of nitrogens with one attached hydrogen (secondary N) is 1. The Morgan fingerprint density at radius 2 is 1.77 bits per heavy atom. The Morgan fingerprint density at radius 1 is 1.09 bits per heavy atom. The molecule has 0 saturated carbocycles. The fourth-order valence-corrected chi connectivity index (χ4v) is 1.89. The highest BCUT2D eigenvalue weighted by Crippen LogP contribution is 2.25. The molecule has 0 amide bonds. The van der Waals surface area contributed by atoms with E-state index >= 15 is 0 Å². The van der Waals surface area contributed by atoms with Gasteiger partial charge in [-0.05, 0) is 30.2 Å². The third-order valence-corrected chi connectivity index (χ3v) is 3.02. The standard InChI is InChI=1S/C18H18N2O2/c1-14(2)13-19-17-12-16(10-11-18(17)20(21)22)9-8-15-6-4-3-5-7-15/h3-7,10-12,14,19H,13H2,1-2H3. The van der Waals surface area contributed by atoms with Crippen molar-refractivity contribution in [3.05, 3.63) is 69.8 Å². The Morgan fingerprint density at radius 3 is 2.41 bits per heavy atom. The van der Waals surface area contributed by atoms with Gasteiger partial charge in [0.05, 0.1) is 4.92 Å². The van der Waals surface area contributed by atoms with Gasteiger partial charge in [0.25, 0.3) is 5.69 Å². The van der Waals surface area contributed by atoms with Crippen LogP contribution in [-0.2, 0) is 0 Å². The molecule has 0 aliphatic heterocycles. The minimum absolute atomic E-state index is 0.0749. The van der Waals surface area contributed by atoms with Crippen LogP contribution in [0.4, 0.5) is 11.4 Å². The first-order valence-corrected chi connectivity index (χ1v) is 7.15. The summed E-state index contributed by atoms with van der Waals surface area (Å²) in [6.45, 7) is 4.78. The molecular formula is C18H18N2O2. The van der Waals surface area contributed by atoms with Crippen molar-refractivity contribution in [1.29, 1.82) is 0 Å². The summed E-state index contributed by atoms with van der Waals surface area (Å²) in [4.78, 5) is 10.7. The number of rotatable bonds is 4. The fraction of sp³-hybridized carbons (Fsp3) is 0.222. The van der Waals surface area contributed by atoms with Crippen LogP contribution < -0.4 is 5.32 Å². The van der Waals surface area contributed by atoms with Crippen LogP contribution in [0.2, 0.25) is 0 Å². The SMILES string of the molecule is CC(C)CNc1cc(C#Cc2ccccc2)ccc1[N+](=O)[O-]. The average molecular weight is 294 g/mol. The van der Waals surface area contributed by atoms with E-state index < -0.39 is 0 Å². The van der Waals surface area contributed by atoms with Crippen molar-refractivity contribution in [3.8, 4) is 11.8 Å². The molecule has 0 fully saturated rings. The second-order valence-electron chi connectivity index (χ2n) is 5.38. The predicted octanol–water partition coefficient (Wildman–Crippen LogP) is 4.06. The number of nitro groups is 1. The number of hydrogen-bond acceptors (Lipinski definition) is 3. The highest BCUT2D eigenvalue weighted by Gasteiger charge is 2.13. The van der Waals surface area contributed by atoms with E-state index in [0.29, 0.717) is 18.2 Å². The van der Waals surface area contributed by atoms with E-state index in [0.717, 1.165) is 11.1 Å². The minimum atomic E-state index is -0.378. The molecule has 0 spiro atoms. The van der Waals surface area contributed by atoms with Gasteiger partial charge in [0, 0.05) is 23.7 Å². The Kier molecular flexibility index (Phi) is 5.16. The summed E-state index contributed by atoms with van der Waals surface area (Å²) in [6.07, 6.45) is 0. The van der Waals surface area contributed by atoms with E-state index in [9.17, 15) is 10.1 Å². The minimum Gasteiger partial charge on any atom is -0.379 e. The zero-order valence-corrected chi connectivity index (χ0v) is 12.7. The van der Waals surface area contributed by atoms with Gasteiger partial charge >= 0.3 is 0 Å². The van der Waals surface area contributed by atoms with Crippen LogP contribution in [0.25, 0.3) is 0 Å². The van der Waals surface area contributed by atoms with Crippen LogP contribution >= 0.6 is 0 Å². The third kappa shape index (κ3) is 4.35. The molecule has 1 N–H and O–H groups in total. The first kappa shape index (κ1) is 15.6. The quantitative estimate of drug-likeness (QED) is 0.525. The molecule has 0 bridgehead atoms. The Hall–Kier alpha value is -2.80. The van der Waals surface area contributed by atoms with Gasteiger partial charge in [-0.2, -0.15) is 0 Å². The van der Waals surface area contributed by atoms with Gasteiger partial charge in [-0.15, -0.1) is 0 Å². The fourth-order valence-electron chi connectivity index (χ4n) is 1.89. The Balaban J connectivity index is 2.28. The number of hydrogen-bond donors (Lipinski definition) is 1. The van der Waals surface area contributed by atoms with E-state index in [1.165, 1.54) is 6.07 Å². The molecule has 112 valence electrons. The lowest BCUT2D eigenvalue weighted by molar-refractivity contribution is -0.384. The van der Waals surface area contributed by atoms with Crippen molar-refractivity contribution in [2.24, 2.45) is 5.92 Å². The van der Waals surface area contributed by atoms with Crippen molar-refractivity contribution in [1.82, 2.24) is 0 Å². The molecule has 22 heavy (non-hydrogen) atoms. The summed E-state index contributed by atoms with van der Waals surface area (Å²) in [5.41, 5.74) is 2.25. The van der Waals surface area contributed by atoms with Gasteiger partial charge in [-0.25, -0.2) is 0 Å². The summed E-state index contributed by atoms with van der Waals surface area (Å²) in [6, 6.07) is 14.5. The molecule has 2 aromatic rings. The van der Waals surface area contributed by atoms with Gasteiger partial charge in [0.15, 0.2) is 0 Å². The number of benzene rings is 2. The van der Waals surface area contributed by atoms with E-state index in [2.05, 4.69) is 31.0 Å². The molecule has 0 heterocycles. The summed E-state index contributed by atoms with van der Waals surface area (Å²) in [5.74, 6) is 6.50. The molecule has 4 nitrogen and oxygen atoms in total. The molecule has 0 aliphatic rings. The van der Waals surface area contributed by atoms with Crippen molar-refractivity contribution < 1.29 is 4.92 Å². The smallest absolute Gasteiger partial charge is 0.292 e. The van der Waals surface area contributed by atoms with Crippen molar-refractivity contribution in [2.75, 3.05) is 11.9 Å². The summed E-state index contributed by atoms with van der Waals surface area (Å²) in [5, 5.41) is 14.2. The van der Waals surface area contributed by atoms with Crippen molar-refractivity contribution >= 4 is 11.4 Å². The first-order chi connectivity index (χ1) is 10.6. The third-order valence-electron chi connectivity index (χ3n) is 3.02. The maximum atomic E-state index is 11.1. The zero-order valence-electron chi connectivity index (χ0n) is 12.7. The largest absolute Gasteiger partial charge is 0.379 e. The van der Waals surface area contributed by atoms with Gasteiger partial charge in [0.1, 0.15) is 5.69 Å². The lowest BCUT2D eigenvalue weighted by Gasteiger charge is -2.09. The molecule has 0 aromatic heterocycles. The van der Waals surface area contributed by atoms with Crippen LogP contribution in [0.15, 0.2) is 48.5 Å².